The summed E-state index contributed by atoms with van der Waals surface area (Å²) in [6.45, 7) is 8.46. The molecule has 3 rings (SSSR count). The van der Waals surface area contributed by atoms with E-state index in [9.17, 15) is 4.79 Å². The van der Waals surface area contributed by atoms with Crippen LogP contribution in [0.1, 0.15) is 32.9 Å². The minimum absolute atomic E-state index is 0.170. The van der Waals surface area contributed by atoms with E-state index in [2.05, 4.69) is 18.8 Å². The van der Waals surface area contributed by atoms with Crippen LogP contribution in [0.3, 0.4) is 0 Å². The van der Waals surface area contributed by atoms with Crippen LogP contribution in [0.5, 0.6) is 5.75 Å². The normalized spacial score (nSPS) is 14.1. The van der Waals surface area contributed by atoms with Gasteiger partial charge < -0.3 is 15.0 Å². The molecule has 2 aromatic heterocycles. The maximum Gasteiger partial charge on any atom is 0.260 e. The molecule has 0 aliphatic heterocycles. The van der Waals surface area contributed by atoms with E-state index in [-0.39, 0.29) is 5.56 Å². The Morgan fingerprint density at radius 1 is 1.33 bits per heavy atom. The van der Waals surface area contributed by atoms with Crippen molar-refractivity contribution in [1.29, 1.82) is 0 Å². The molecule has 6 heteroatoms. The second-order valence-corrected chi connectivity index (χ2v) is 8.43. The highest BCUT2D eigenvalue weighted by atomic mass is 35.5. The molecule has 0 aliphatic carbocycles. The molecule has 0 spiro atoms. The Morgan fingerprint density at radius 3 is 2.70 bits per heavy atom. The van der Waals surface area contributed by atoms with Crippen LogP contribution < -0.4 is 16.0 Å². The highest BCUT2D eigenvalue weighted by molar-refractivity contribution is 6.37. The highest BCUT2D eigenvalue weighted by Gasteiger charge is 2.22. The molecule has 1 atom stereocenters. The SMILES string of the molecule is Cc1cc2c3ccc(OC[C@@](C)(N)CC(C)C)c(Cl)c3c(=O)n(C)c2cn1. The van der Waals surface area contributed by atoms with E-state index in [1.165, 1.54) is 0 Å². The number of aromatic nitrogens is 2. The fourth-order valence-corrected chi connectivity index (χ4v) is 3.95. The molecule has 2 N–H and O–H groups in total. The number of pyridine rings is 2. The van der Waals surface area contributed by atoms with Gasteiger partial charge in [-0.25, -0.2) is 0 Å². The lowest BCUT2D eigenvalue weighted by Crippen LogP contribution is -2.43. The number of halogens is 1. The van der Waals surface area contributed by atoms with Crippen molar-refractivity contribution in [3.05, 3.63) is 45.5 Å². The van der Waals surface area contributed by atoms with E-state index in [1.54, 1.807) is 17.8 Å². The first-order valence-corrected chi connectivity index (χ1v) is 9.48. The average molecular weight is 388 g/mol. The molecule has 0 aliphatic rings. The van der Waals surface area contributed by atoms with E-state index < -0.39 is 5.54 Å². The molecule has 5 nitrogen and oxygen atoms in total. The quantitative estimate of drug-likeness (QED) is 0.666. The van der Waals surface area contributed by atoms with Crippen molar-refractivity contribution < 1.29 is 4.74 Å². The Morgan fingerprint density at radius 2 is 2.04 bits per heavy atom. The number of rotatable bonds is 5. The predicted octanol–water partition coefficient (Wildman–Crippen LogP) is 4.19. The van der Waals surface area contributed by atoms with Gasteiger partial charge in [-0.2, -0.15) is 0 Å². The van der Waals surface area contributed by atoms with E-state index >= 15 is 0 Å². The fraction of sp³-hybridized carbons (Fsp3) is 0.429. The van der Waals surface area contributed by atoms with Gasteiger partial charge in [-0.15, -0.1) is 0 Å². The molecule has 0 bridgehead atoms. The number of aryl methyl sites for hydroxylation is 2. The second-order valence-electron chi connectivity index (χ2n) is 8.05. The number of nitrogens with two attached hydrogens (primary N) is 1. The van der Waals surface area contributed by atoms with Crippen LogP contribution in [-0.4, -0.2) is 21.7 Å². The number of ether oxygens (including phenoxy) is 1. The third kappa shape index (κ3) is 3.80. The van der Waals surface area contributed by atoms with Crippen LogP contribution in [0.2, 0.25) is 5.02 Å². The molecule has 0 saturated carbocycles. The molecule has 1 aromatic carbocycles. The van der Waals surface area contributed by atoms with Crippen molar-refractivity contribution in [3.63, 3.8) is 0 Å². The van der Waals surface area contributed by atoms with Gasteiger partial charge in [0.2, 0.25) is 0 Å². The average Bonchev–Trinajstić information content (AvgIpc) is 2.57. The number of fused-ring (bicyclic) bond motifs is 3. The van der Waals surface area contributed by atoms with E-state index in [4.69, 9.17) is 22.1 Å². The van der Waals surface area contributed by atoms with Crippen molar-refractivity contribution in [2.24, 2.45) is 18.7 Å². The third-order valence-electron chi connectivity index (χ3n) is 4.73. The molecule has 0 amide bonds. The zero-order valence-corrected chi connectivity index (χ0v) is 17.2. The minimum atomic E-state index is -0.469. The predicted molar refractivity (Wildman–Crippen MR) is 112 cm³/mol. The van der Waals surface area contributed by atoms with Crippen molar-refractivity contribution in [3.8, 4) is 5.75 Å². The Balaban J connectivity index is 2.11. The zero-order valence-electron chi connectivity index (χ0n) is 16.5. The molecular formula is C21H26ClN3O2. The number of hydrogen-bond acceptors (Lipinski definition) is 4. The lowest BCUT2D eigenvalue weighted by atomic mass is 9.93. The number of benzene rings is 1. The van der Waals surface area contributed by atoms with Gasteiger partial charge in [0.1, 0.15) is 12.4 Å². The van der Waals surface area contributed by atoms with Crippen LogP contribution in [0, 0.1) is 12.8 Å². The van der Waals surface area contributed by atoms with Crippen molar-refractivity contribution in [2.45, 2.75) is 39.7 Å². The summed E-state index contributed by atoms with van der Waals surface area (Å²) in [4.78, 5) is 17.2. The lowest BCUT2D eigenvalue weighted by Gasteiger charge is -2.27. The van der Waals surface area contributed by atoms with Gasteiger partial charge in [-0.3, -0.25) is 9.78 Å². The van der Waals surface area contributed by atoms with Gasteiger partial charge in [-0.05, 0) is 49.8 Å². The first-order valence-electron chi connectivity index (χ1n) is 9.10. The Bertz CT molecular complexity index is 1070. The first-order chi connectivity index (χ1) is 12.6. The third-order valence-corrected chi connectivity index (χ3v) is 5.10. The molecule has 0 fully saturated rings. The topological polar surface area (TPSA) is 70.1 Å². The van der Waals surface area contributed by atoms with Gasteiger partial charge in [0.05, 0.1) is 22.1 Å². The van der Waals surface area contributed by atoms with Gasteiger partial charge in [-0.1, -0.05) is 25.4 Å². The van der Waals surface area contributed by atoms with Crippen LogP contribution in [0.15, 0.2) is 29.2 Å². The maximum absolute atomic E-state index is 12.9. The largest absolute Gasteiger partial charge is 0.490 e. The highest BCUT2D eigenvalue weighted by Crippen LogP contribution is 2.34. The summed E-state index contributed by atoms with van der Waals surface area (Å²) in [6.07, 6.45) is 2.55. The molecule has 2 heterocycles. The number of nitrogens with zero attached hydrogens (tertiary/aromatic N) is 2. The summed E-state index contributed by atoms with van der Waals surface area (Å²) in [5, 5.41) is 2.52. The van der Waals surface area contributed by atoms with Crippen molar-refractivity contribution >= 4 is 33.3 Å². The molecule has 0 unspecified atom stereocenters. The monoisotopic (exact) mass is 387 g/mol. The molecular weight excluding hydrogens is 362 g/mol. The molecule has 3 aromatic rings. The summed E-state index contributed by atoms with van der Waals surface area (Å²) in [6, 6.07) is 5.66. The fourth-order valence-electron chi connectivity index (χ4n) is 3.65. The van der Waals surface area contributed by atoms with Gasteiger partial charge >= 0.3 is 0 Å². The Labute approximate surface area is 164 Å². The van der Waals surface area contributed by atoms with E-state index in [0.717, 1.165) is 28.4 Å². The summed E-state index contributed by atoms with van der Waals surface area (Å²) < 4.78 is 7.50. The van der Waals surface area contributed by atoms with Crippen molar-refractivity contribution in [1.82, 2.24) is 9.55 Å². The maximum atomic E-state index is 12.9. The number of hydrogen-bond donors (Lipinski definition) is 1. The lowest BCUT2D eigenvalue weighted by molar-refractivity contribution is 0.207. The van der Waals surface area contributed by atoms with E-state index in [1.807, 2.05) is 32.0 Å². The summed E-state index contributed by atoms with van der Waals surface area (Å²) >= 11 is 6.60. The molecule has 0 saturated heterocycles. The summed E-state index contributed by atoms with van der Waals surface area (Å²) in [5.41, 5.74) is 7.35. The molecule has 144 valence electrons. The van der Waals surface area contributed by atoms with Crippen LogP contribution in [0.4, 0.5) is 0 Å². The minimum Gasteiger partial charge on any atom is -0.490 e. The zero-order chi connectivity index (χ0) is 19.9. The summed E-state index contributed by atoms with van der Waals surface area (Å²) in [5.74, 6) is 0.943. The Kier molecular flexibility index (Phi) is 5.19. The van der Waals surface area contributed by atoms with Crippen LogP contribution >= 0.6 is 11.6 Å². The van der Waals surface area contributed by atoms with Crippen LogP contribution in [0.25, 0.3) is 21.7 Å². The van der Waals surface area contributed by atoms with Gasteiger partial charge in [0.25, 0.3) is 5.56 Å². The summed E-state index contributed by atoms with van der Waals surface area (Å²) in [7, 11) is 1.73. The smallest absolute Gasteiger partial charge is 0.260 e. The molecule has 27 heavy (non-hydrogen) atoms. The standard InChI is InChI=1S/C21H26ClN3O2/c1-12(2)9-21(4,23)11-27-17-7-6-14-15-8-13(3)24-10-16(15)25(5)20(26)18(14)19(17)22/h6-8,10,12H,9,11,23H2,1-5H3/t21-/m0/s1. The van der Waals surface area contributed by atoms with E-state index in [0.29, 0.717) is 28.7 Å². The first kappa shape index (κ1) is 19.6. The van der Waals surface area contributed by atoms with Gasteiger partial charge in [0, 0.05) is 23.7 Å². The van der Waals surface area contributed by atoms with Crippen LogP contribution in [-0.2, 0) is 7.05 Å². The Hall–Kier alpha value is -2.11. The molecule has 0 radical (unpaired) electrons. The second kappa shape index (κ2) is 7.13. The van der Waals surface area contributed by atoms with Crippen molar-refractivity contribution in [2.75, 3.05) is 6.61 Å². The van der Waals surface area contributed by atoms with Gasteiger partial charge in [0.15, 0.2) is 0 Å².